The summed E-state index contributed by atoms with van der Waals surface area (Å²) in [5, 5.41) is 0. The molecule has 1 aliphatic heterocycles. The van der Waals surface area contributed by atoms with Crippen LogP contribution in [0.5, 0.6) is 0 Å². The van der Waals surface area contributed by atoms with Crippen LogP contribution in [0, 0.1) is 0 Å². The Balaban J connectivity index is 2.49. The highest BCUT2D eigenvalue weighted by Gasteiger charge is 2.41. The van der Waals surface area contributed by atoms with E-state index in [1.54, 1.807) is 0 Å². The van der Waals surface area contributed by atoms with Crippen LogP contribution in [-0.4, -0.2) is 6.61 Å². The maximum atomic E-state index is 12.5. The normalized spacial score (nSPS) is 20.5. The highest BCUT2D eigenvalue weighted by molar-refractivity contribution is 5.38. The predicted octanol–water partition coefficient (Wildman–Crippen LogP) is 3.80. The molecule has 1 aromatic carbocycles. The van der Waals surface area contributed by atoms with E-state index in [4.69, 9.17) is 0 Å². The molecule has 7 heteroatoms. The molecule has 1 nitrogen and oxygen atoms in total. The molecular weight excluding hydrogens is 250 g/mol. The molecule has 0 bridgehead atoms. The maximum Gasteiger partial charge on any atom is 0.416 e. The molecule has 1 fully saturated rings. The summed E-state index contributed by atoms with van der Waals surface area (Å²) in [4.78, 5) is 0. The third-order valence-corrected chi connectivity index (χ3v) is 2.36. The molecule has 1 atom stereocenters. The number of epoxide rings is 1. The number of ether oxygens (including phenoxy) is 1. The zero-order chi connectivity index (χ0) is 12.8. The number of hydrogen-bond acceptors (Lipinski definition) is 1. The largest absolute Gasteiger partial charge is 0.416 e. The summed E-state index contributed by atoms with van der Waals surface area (Å²) in [5.74, 6) is 0. The minimum absolute atomic E-state index is 0.0182. The summed E-state index contributed by atoms with van der Waals surface area (Å²) >= 11 is 0. The van der Waals surface area contributed by atoms with Crippen molar-refractivity contribution in [3.05, 3.63) is 34.9 Å². The van der Waals surface area contributed by atoms with Gasteiger partial charge in [0.1, 0.15) is 6.10 Å². The van der Waals surface area contributed by atoms with Crippen molar-refractivity contribution < 1.29 is 31.1 Å². The molecule has 0 aromatic heterocycles. The standard InChI is InChI=1S/C10H6F6O/c11-9(12,13)5-1-2-7(10(14,15)16)6(3-5)8-4-17-8/h1-3,8H,4H2. The van der Waals surface area contributed by atoms with Crippen LogP contribution in [0.15, 0.2) is 18.2 Å². The number of hydrogen-bond donors (Lipinski definition) is 0. The zero-order valence-corrected chi connectivity index (χ0v) is 8.19. The number of alkyl halides is 6. The Kier molecular flexibility index (Phi) is 2.61. The molecule has 1 heterocycles. The van der Waals surface area contributed by atoms with Crippen LogP contribution in [0.2, 0.25) is 0 Å². The van der Waals surface area contributed by atoms with Crippen LogP contribution >= 0.6 is 0 Å². The summed E-state index contributed by atoms with van der Waals surface area (Å²) in [6.45, 7) is 0.0182. The van der Waals surface area contributed by atoms with E-state index in [0.29, 0.717) is 18.2 Å². The average Bonchev–Trinajstić information content (AvgIpc) is 2.97. The molecule has 0 spiro atoms. The topological polar surface area (TPSA) is 12.5 Å². The Hall–Kier alpha value is -1.24. The number of halogens is 6. The predicted molar refractivity (Wildman–Crippen MR) is 45.1 cm³/mol. The lowest BCUT2D eigenvalue weighted by Gasteiger charge is -2.14. The van der Waals surface area contributed by atoms with Gasteiger partial charge in [-0.15, -0.1) is 0 Å². The molecule has 0 saturated carbocycles. The zero-order valence-electron chi connectivity index (χ0n) is 8.19. The van der Waals surface area contributed by atoms with Crippen LogP contribution in [0.4, 0.5) is 26.3 Å². The van der Waals surface area contributed by atoms with Crippen LogP contribution in [0.25, 0.3) is 0 Å². The summed E-state index contributed by atoms with van der Waals surface area (Å²) in [5.41, 5.74) is -2.63. The van der Waals surface area contributed by atoms with Gasteiger partial charge in [-0.05, 0) is 23.8 Å². The van der Waals surface area contributed by atoms with Gasteiger partial charge in [0.2, 0.25) is 0 Å². The minimum Gasteiger partial charge on any atom is -0.368 e. The van der Waals surface area contributed by atoms with Crippen molar-refractivity contribution in [3.8, 4) is 0 Å². The van der Waals surface area contributed by atoms with Gasteiger partial charge in [-0.2, -0.15) is 26.3 Å². The Morgan fingerprint density at radius 3 is 2.00 bits per heavy atom. The quantitative estimate of drug-likeness (QED) is 0.550. The Bertz CT molecular complexity index is 429. The van der Waals surface area contributed by atoms with Crippen LogP contribution in [0.1, 0.15) is 22.8 Å². The molecule has 0 amide bonds. The lowest BCUT2D eigenvalue weighted by molar-refractivity contribution is -0.142. The van der Waals surface area contributed by atoms with E-state index in [2.05, 4.69) is 4.74 Å². The first kappa shape index (κ1) is 12.2. The van der Waals surface area contributed by atoms with Crippen molar-refractivity contribution in [2.75, 3.05) is 6.61 Å². The first-order valence-corrected chi connectivity index (χ1v) is 4.59. The molecule has 1 aromatic rings. The molecule has 0 aliphatic carbocycles. The average molecular weight is 256 g/mol. The SMILES string of the molecule is FC(F)(F)c1ccc(C(F)(F)F)c(C2CO2)c1. The van der Waals surface area contributed by atoms with Gasteiger partial charge in [0.25, 0.3) is 0 Å². The highest BCUT2D eigenvalue weighted by atomic mass is 19.4. The minimum atomic E-state index is -4.68. The van der Waals surface area contributed by atoms with Gasteiger partial charge < -0.3 is 4.74 Å². The number of rotatable bonds is 1. The second-order valence-corrected chi connectivity index (χ2v) is 3.62. The van der Waals surface area contributed by atoms with E-state index in [1.807, 2.05) is 0 Å². The molecule has 2 rings (SSSR count). The molecule has 1 aliphatic rings. The molecule has 94 valence electrons. The van der Waals surface area contributed by atoms with E-state index in [-0.39, 0.29) is 6.61 Å². The fourth-order valence-corrected chi connectivity index (χ4v) is 1.49. The monoisotopic (exact) mass is 256 g/mol. The first-order chi connectivity index (χ1) is 7.69. The van der Waals surface area contributed by atoms with E-state index in [1.165, 1.54) is 0 Å². The van der Waals surface area contributed by atoms with Gasteiger partial charge in [0.15, 0.2) is 0 Å². The van der Waals surface area contributed by atoms with Crippen LogP contribution in [-0.2, 0) is 17.1 Å². The molecule has 1 saturated heterocycles. The van der Waals surface area contributed by atoms with Gasteiger partial charge >= 0.3 is 12.4 Å². The molecule has 1 unspecified atom stereocenters. The Morgan fingerprint density at radius 1 is 1.00 bits per heavy atom. The fraction of sp³-hybridized carbons (Fsp3) is 0.400. The van der Waals surface area contributed by atoms with Crippen LogP contribution in [0.3, 0.4) is 0 Å². The smallest absolute Gasteiger partial charge is 0.368 e. The molecular formula is C10H6F6O. The second-order valence-electron chi connectivity index (χ2n) is 3.62. The third kappa shape index (κ3) is 2.54. The summed E-state index contributed by atoms with van der Waals surface area (Å²) < 4.78 is 79.3. The van der Waals surface area contributed by atoms with Crippen LogP contribution < -0.4 is 0 Å². The van der Waals surface area contributed by atoms with Gasteiger partial charge in [-0.3, -0.25) is 0 Å². The second kappa shape index (κ2) is 3.63. The van der Waals surface area contributed by atoms with Gasteiger partial charge in [-0.1, -0.05) is 0 Å². The Labute approximate surface area is 92.0 Å². The van der Waals surface area contributed by atoms with Gasteiger partial charge in [-0.25, -0.2) is 0 Å². The lowest BCUT2D eigenvalue weighted by Crippen LogP contribution is -2.12. The van der Waals surface area contributed by atoms with Crippen molar-refractivity contribution in [3.63, 3.8) is 0 Å². The third-order valence-electron chi connectivity index (χ3n) is 2.36. The maximum absolute atomic E-state index is 12.5. The lowest BCUT2D eigenvalue weighted by atomic mass is 10.0. The highest BCUT2D eigenvalue weighted by Crippen LogP contribution is 2.42. The van der Waals surface area contributed by atoms with E-state index in [9.17, 15) is 26.3 Å². The van der Waals surface area contributed by atoms with Gasteiger partial charge in [0.05, 0.1) is 17.7 Å². The fourth-order valence-electron chi connectivity index (χ4n) is 1.49. The van der Waals surface area contributed by atoms with Crippen molar-refractivity contribution in [2.45, 2.75) is 18.5 Å². The van der Waals surface area contributed by atoms with Gasteiger partial charge in [0, 0.05) is 0 Å². The molecule has 17 heavy (non-hydrogen) atoms. The number of benzene rings is 1. The van der Waals surface area contributed by atoms with E-state index < -0.39 is 35.1 Å². The summed E-state index contributed by atoms with van der Waals surface area (Å²) in [6.07, 6.45) is -10.2. The first-order valence-electron chi connectivity index (χ1n) is 4.59. The van der Waals surface area contributed by atoms with Crippen molar-refractivity contribution in [1.29, 1.82) is 0 Å². The summed E-state index contributed by atoms with van der Waals surface area (Å²) in [7, 11) is 0. The Morgan fingerprint density at radius 2 is 1.59 bits per heavy atom. The van der Waals surface area contributed by atoms with E-state index in [0.717, 1.165) is 0 Å². The summed E-state index contributed by atoms with van der Waals surface area (Å²) in [6, 6.07) is 1.37. The van der Waals surface area contributed by atoms with Crippen molar-refractivity contribution in [1.82, 2.24) is 0 Å². The molecule has 0 radical (unpaired) electrons. The van der Waals surface area contributed by atoms with E-state index >= 15 is 0 Å². The van der Waals surface area contributed by atoms with Crippen molar-refractivity contribution in [2.24, 2.45) is 0 Å². The van der Waals surface area contributed by atoms with Crippen molar-refractivity contribution >= 4 is 0 Å². The molecule has 0 N–H and O–H groups in total.